The van der Waals surface area contributed by atoms with Crippen LogP contribution in [0.5, 0.6) is 5.75 Å². The van der Waals surface area contributed by atoms with Crippen LogP contribution < -0.4 is 15.0 Å². The van der Waals surface area contributed by atoms with Gasteiger partial charge in [-0.25, -0.2) is 0 Å². The molecule has 1 saturated heterocycles. The van der Waals surface area contributed by atoms with E-state index in [0.717, 1.165) is 41.5 Å². The van der Waals surface area contributed by atoms with E-state index in [1.165, 1.54) is 19.3 Å². The second kappa shape index (κ2) is 9.03. The van der Waals surface area contributed by atoms with Crippen LogP contribution in [0.25, 0.3) is 0 Å². The quantitative estimate of drug-likeness (QED) is 0.617. The Hall–Kier alpha value is -3.28. The average Bonchev–Trinajstić information content (AvgIpc) is 3.11. The molecular formula is C24H27N3O3. The number of para-hydroxylation sites is 2. The number of hydrogen-bond donors (Lipinski definition) is 1. The number of nitrogens with zero attached hydrogens (tertiary/aromatic N) is 2. The van der Waals surface area contributed by atoms with Gasteiger partial charge in [-0.3, -0.25) is 4.79 Å². The first-order valence-electron chi connectivity index (χ1n) is 10.4. The van der Waals surface area contributed by atoms with Gasteiger partial charge in [0, 0.05) is 18.7 Å². The van der Waals surface area contributed by atoms with Crippen molar-refractivity contribution in [1.82, 2.24) is 5.16 Å². The number of aryl methyl sites for hydroxylation is 2. The highest BCUT2D eigenvalue weighted by Crippen LogP contribution is 2.29. The van der Waals surface area contributed by atoms with E-state index in [0.29, 0.717) is 17.9 Å². The fourth-order valence-corrected chi connectivity index (χ4v) is 3.75. The predicted octanol–water partition coefficient (Wildman–Crippen LogP) is 5.11. The maximum atomic E-state index is 12.8. The predicted molar refractivity (Wildman–Crippen MR) is 117 cm³/mol. The van der Waals surface area contributed by atoms with Crippen LogP contribution in [0.4, 0.5) is 11.4 Å². The van der Waals surface area contributed by atoms with Gasteiger partial charge in [-0.15, -0.1) is 0 Å². The summed E-state index contributed by atoms with van der Waals surface area (Å²) in [5.41, 5.74) is 4.31. The van der Waals surface area contributed by atoms with Gasteiger partial charge in [-0.2, -0.15) is 0 Å². The molecule has 4 rings (SSSR count). The first-order chi connectivity index (χ1) is 14.6. The maximum absolute atomic E-state index is 12.8. The maximum Gasteiger partial charge on any atom is 0.255 e. The van der Waals surface area contributed by atoms with Crippen LogP contribution >= 0.6 is 0 Å². The second-order valence-corrected chi connectivity index (χ2v) is 7.63. The zero-order valence-corrected chi connectivity index (χ0v) is 17.5. The first kappa shape index (κ1) is 20.0. The van der Waals surface area contributed by atoms with E-state index < -0.39 is 0 Å². The van der Waals surface area contributed by atoms with Crippen molar-refractivity contribution in [2.24, 2.45) is 0 Å². The lowest BCUT2D eigenvalue weighted by Gasteiger charge is -2.30. The lowest BCUT2D eigenvalue weighted by Crippen LogP contribution is -2.30. The van der Waals surface area contributed by atoms with Crippen LogP contribution in [0, 0.1) is 13.8 Å². The highest BCUT2D eigenvalue weighted by molar-refractivity contribution is 6.06. The summed E-state index contributed by atoms with van der Waals surface area (Å²) in [6, 6.07) is 15.2. The SMILES string of the molecule is Cc1noc(C)c1COc1ccc(C(=O)Nc2ccccc2N2CCCCC2)cc1. The van der Waals surface area contributed by atoms with Gasteiger partial charge >= 0.3 is 0 Å². The third kappa shape index (κ3) is 4.48. The van der Waals surface area contributed by atoms with Crippen molar-refractivity contribution in [2.75, 3.05) is 23.3 Å². The molecule has 6 nitrogen and oxygen atoms in total. The van der Waals surface area contributed by atoms with E-state index in [-0.39, 0.29) is 5.91 Å². The van der Waals surface area contributed by atoms with Gasteiger partial charge in [0.05, 0.1) is 22.6 Å². The summed E-state index contributed by atoms with van der Waals surface area (Å²) in [6.07, 6.45) is 3.66. The summed E-state index contributed by atoms with van der Waals surface area (Å²) in [5, 5.41) is 7.01. The molecule has 0 radical (unpaired) electrons. The molecule has 30 heavy (non-hydrogen) atoms. The zero-order valence-electron chi connectivity index (χ0n) is 17.5. The third-order valence-electron chi connectivity index (χ3n) is 5.53. The van der Waals surface area contributed by atoms with Gasteiger partial charge in [0.2, 0.25) is 0 Å². The number of amides is 1. The third-order valence-corrected chi connectivity index (χ3v) is 5.53. The van der Waals surface area contributed by atoms with E-state index in [1.54, 1.807) is 12.1 Å². The van der Waals surface area contributed by atoms with Crippen molar-refractivity contribution in [3.63, 3.8) is 0 Å². The molecule has 1 N–H and O–H groups in total. The lowest BCUT2D eigenvalue weighted by molar-refractivity contribution is 0.102. The largest absolute Gasteiger partial charge is 0.489 e. The van der Waals surface area contributed by atoms with Crippen LogP contribution in [-0.4, -0.2) is 24.2 Å². The van der Waals surface area contributed by atoms with Gasteiger partial charge in [-0.1, -0.05) is 17.3 Å². The number of ether oxygens (including phenoxy) is 1. The Balaban J connectivity index is 1.41. The minimum atomic E-state index is -0.128. The number of anilines is 2. The van der Waals surface area contributed by atoms with Crippen LogP contribution in [0.2, 0.25) is 0 Å². The Labute approximate surface area is 176 Å². The Morgan fingerprint density at radius 2 is 1.80 bits per heavy atom. The Kier molecular flexibility index (Phi) is 6.02. The van der Waals surface area contributed by atoms with E-state index in [1.807, 2.05) is 44.2 Å². The van der Waals surface area contributed by atoms with Gasteiger partial charge in [0.15, 0.2) is 0 Å². The molecular weight excluding hydrogens is 378 g/mol. The highest BCUT2D eigenvalue weighted by Gasteiger charge is 2.16. The monoisotopic (exact) mass is 405 g/mol. The molecule has 0 bridgehead atoms. The minimum Gasteiger partial charge on any atom is -0.489 e. The molecule has 1 amide bonds. The number of piperidine rings is 1. The Morgan fingerprint density at radius 3 is 2.50 bits per heavy atom. The first-order valence-corrected chi connectivity index (χ1v) is 10.4. The van der Waals surface area contributed by atoms with E-state index >= 15 is 0 Å². The summed E-state index contributed by atoms with van der Waals surface area (Å²) in [6.45, 7) is 6.21. The van der Waals surface area contributed by atoms with Crippen molar-refractivity contribution in [2.45, 2.75) is 39.7 Å². The normalized spacial score (nSPS) is 13.9. The number of benzene rings is 2. The van der Waals surface area contributed by atoms with Crippen molar-refractivity contribution < 1.29 is 14.1 Å². The standard InChI is InChI=1S/C24H27N3O3/c1-17-21(18(2)30-26-17)16-29-20-12-10-19(11-13-20)24(28)25-22-8-4-5-9-23(22)27-14-6-3-7-15-27/h4-5,8-13H,3,6-7,14-16H2,1-2H3,(H,25,28). The van der Waals surface area contributed by atoms with E-state index in [9.17, 15) is 4.79 Å². The molecule has 1 aromatic heterocycles. The molecule has 1 fully saturated rings. The molecule has 0 unspecified atom stereocenters. The van der Waals surface area contributed by atoms with Gasteiger partial charge in [0.25, 0.3) is 5.91 Å². The molecule has 3 aromatic rings. The zero-order chi connectivity index (χ0) is 20.9. The Morgan fingerprint density at radius 1 is 1.07 bits per heavy atom. The number of nitrogens with one attached hydrogen (secondary N) is 1. The molecule has 156 valence electrons. The second-order valence-electron chi connectivity index (χ2n) is 7.63. The molecule has 2 heterocycles. The molecule has 1 aliphatic rings. The van der Waals surface area contributed by atoms with Crippen LogP contribution in [0.1, 0.15) is 46.6 Å². The molecule has 2 aromatic carbocycles. The van der Waals surface area contributed by atoms with E-state index in [4.69, 9.17) is 9.26 Å². The topological polar surface area (TPSA) is 67.6 Å². The minimum absolute atomic E-state index is 0.128. The van der Waals surface area contributed by atoms with Crippen LogP contribution in [0.15, 0.2) is 53.1 Å². The smallest absolute Gasteiger partial charge is 0.255 e. The van der Waals surface area contributed by atoms with Gasteiger partial charge in [-0.05, 0) is 69.5 Å². The summed E-state index contributed by atoms with van der Waals surface area (Å²) in [7, 11) is 0. The molecule has 1 aliphatic heterocycles. The van der Waals surface area contributed by atoms with Crippen molar-refractivity contribution >= 4 is 17.3 Å². The van der Waals surface area contributed by atoms with Gasteiger partial charge in [0.1, 0.15) is 18.1 Å². The summed E-state index contributed by atoms with van der Waals surface area (Å²) >= 11 is 0. The number of carbonyl (C=O) groups is 1. The highest BCUT2D eigenvalue weighted by atomic mass is 16.5. The summed E-state index contributed by atoms with van der Waals surface area (Å²) in [4.78, 5) is 15.2. The molecule has 0 aliphatic carbocycles. The molecule has 6 heteroatoms. The average molecular weight is 405 g/mol. The Bertz CT molecular complexity index is 985. The van der Waals surface area contributed by atoms with Crippen LogP contribution in [0.3, 0.4) is 0 Å². The molecule has 0 atom stereocenters. The number of hydrogen-bond acceptors (Lipinski definition) is 5. The van der Waals surface area contributed by atoms with Gasteiger partial charge < -0.3 is 19.5 Å². The summed E-state index contributed by atoms with van der Waals surface area (Å²) < 4.78 is 11.0. The fourth-order valence-electron chi connectivity index (χ4n) is 3.75. The molecule has 0 spiro atoms. The molecule has 0 saturated carbocycles. The number of rotatable bonds is 6. The number of carbonyl (C=O) groups excluding carboxylic acids is 1. The summed E-state index contributed by atoms with van der Waals surface area (Å²) in [5.74, 6) is 1.33. The number of aromatic nitrogens is 1. The van der Waals surface area contributed by atoms with Crippen molar-refractivity contribution in [3.05, 3.63) is 71.1 Å². The van der Waals surface area contributed by atoms with E-state index in [2.05, 4.69) is 21.4 Å². The van der Waals surface area contributed by atoms with Crippen LogP contribution in [-0.2, 0) is 6.61 Å². The lowest BCUT2D eigenvalue weighted by atomic mass is 10.1. The van der Waals surface area contributed by atoms with Crippen molar-refractivity contribution in [1.29, 1.82) is 0 Å². The van der Waals surface area contributed by atoms with Crippen molar-refractivity contribution in [3.8, 4) is 5.75 Å². The fraction of sp³-hybridized carbons (Fsp3) is 0.333.